The normalized spacial score (nSPS) is 21.7. The van der Waals surface area contributed by atoms with Crippen molar-refractivity contribution < 1.29 is 24.1 Å². The van der Waals surface area contributed by atoms with Crippen LogP contribution in [0.4, 0.5) is 0 Å². The van der Waals surface area contributed by atoms with Crippen LogP contribution in [-0.4, -0.2) is 42.4 Å². The van der Waals surface area contributed by atoms with Crippen LogP contribution < -0.4 is 19.5 Å². The van der Waals surface area contributed by atoms with E-state index in [1.165, 1.54) is 0 Å². The number of carbonyl (C=O) groups is 1. The summed E-state index contributed by atoms with van der Waals surface area (Å²) in [5.74, 6) is 1.71. The molecule has 2 aliphatic rings. The predicted molar refractivity (Wildman–Crippen MR) is 97.2 cm³/mol. The van der Waals surface area contributed by atoms with Crippen LogP contribution in [0, 0.1) is 5.92 Å². The number of hydrogen-bond acceptors (Lipinski definition) is 6. The smallest absolute Gasteiger partial charge is 0.251 e. The lowest BCUT2D eigenvalue weighted by Crippen LogP contribution is -2.41. The first-order valence-electron chi connectivity index (χ1n) is 9.02. The highest BCUT2D eigenvalue weighted by molar-refractivity contribution is 5.95. The fourth-order valence-corrected chi connectivity index (χ4v) is 3.48. The molecule has 1 aromatic carbocycles. The van der Waals surface area contributed by atoms with Crippen LogP contribution in [-0.2, 0) is 0 Å². The topological polar surface area (TPSA) is 89.9 Å². The number of hydrogen-bond donors (Lipinski definition) is 2. The van der Waals surface area contributed by atoms with Crippen molar-refractivity contribution >= 4 is 5.91 Å². The summed E-state index contributed by atoms with van der Waals surface area (Å²) >= 11 is 0. The maximum absolute atomic E-state index is 12.8. The van der Waals surface area contributed by atoms with Gasteiger partial charge in [0.1, 0.15) is 13.2 Å². The number of carbonyl (C=O) groups excluding carboxylic acids is 1. The number of fused-ring (bicyclic) bond motifs is 1. The number of aromatic nitrogens is 1. The summed E-state index contributed by atoms with van der Waals surface area (Å²) in [5.41, 5.74) is 1.39. The van der Waals surface area contributed by atoms with Crippen molar-refractivity contribution in [3.63, 3.8) is 0 Å². The number of rotatable bonds is 5. The number of methoxy groups -OCH3 is 1. The van der Waals surface area contributed by atoms with Crippen molar-refractivity contribution in [2.24, 2.45) is 5.92 Å². The Kier molecular flexibility index (Phi) is 4.85. The molecule has 27 heavy (non-hydrogen) atoms. The number of amides is 1. The van der Waals surface area contributed by atoms with Gasteiger partial charge >= 0.3 is 0 Å². The zero-order chi connectivity index (χ0) is 18.8. The summed E-state index contributed by atoms with van der Waals surface area (Å²) in [4.78, 5) is 17.1. The molecule has 2 heterocycles. The third kappa shape index (κ3) is 3.68. The SMILES string of the molecule is COc1ccc([C@@H](NC(=O)c2ccc3c(c2)OCCO3)C2CC(O)C2)cn1. The largest absolute Gasteiger partial charge is 0.486 e. The molecule has 1 aliphatic heterocycles. The molecule has 0 spiro atoms. The molecule has 4 rings (SSSR count). The number of benzene rings is 1. The molecule has 7 nitrogen and oxygen atoms in total. The highest BCUT2D eigenvalue weighted by atomic mass is 16.6. The second kappa shape index (κ2) is 7.44. The zero-order valence-electron chi connectivity index (χ0n) is 15.1. The summed E-state index contributed by atoms with van der Waals surface area (Å²) in [5, 5.41) is 12.8. The minimum absolute atomic E-state index is 0.163. The molecule has 2 N–H and O–H groups in total. The average molecular weight is 370 g/mol. The molecule has 0 radical (unpaired) electrons. The molecule has 1 atom stereocenters. The predicted octanol–water partition coefficient (Wildman–Crippen LogP) is 2.10. The van der Waals surface area contributed by atoms with Crippen LogP contribution in [0.15, 0.2) is 36.5 Å². The Bertz CT molecular complexity index is 818. The van der Waals surface area contributed by atoms with Crippen LogP contribution in [0.2, 0.25) is 0 Å². The molecule has 1 aromatic heterocycles. The van der Waals surface area contributed by atoms with E-state index in [0.29, 0.717) is 49.0 Å². The molecule has 1 fully saturated rings. The molecule has 7 heteroatoms. The Morgan fingerprint density at radius 2 is 2.00 bits per heavy atom. The lowest BCUT2D eigenvalue weighted by atomic mass is 9.75. The highest BCUT2D eigenvalue weighted by Crippen LogP contribution is 2.38. The van der Waals surface area contributed by atoms with Crippen LogP contribution in [0.5, 0.6) is 17.4 Å². The van der Waals surface area contributed by atoms with Gasteiger partial charge in [-0.2, -0.15) is 0 Å². The van der Waals surface area contributed by atoms with Crippen LogP contribution >= 0.6 is 0 Å². The minimum Gasteiger partial charge on any atom is -0.486 e. The van der Waals surface area contributed by atoms with Gasteiger partial charge in [-0.25, -0.2) is 4.98 Å². The van der Waals surface area contributed by atoms with E-state index in [2.05, 4.69) is 10.3 Å². The molecular weight excluding hydrogens is 348 g/mol. The molecule has 0 saturated heterocycles. The maximum Gasteiger partial charge on any atom is 0.251 e. The second-order valence-electron chi connectivity index (χ2n) is 6.83. The number of ether oxygens (including phenoxy) is 3. The Hall–Kier alpha value is -2.80. The van der Waals surface area contributed by atoms with Crippen LogP contribution in [0.3, 0.4) is 0 Å². The number of nitrogens with one attached hydrogen (secondary N) is 1. The standard InChI is InChI=1S/C20H22N2O5/c1-25-18-5-3-13(11-21-18)19(14-8-15(23)9-14)22-20(24)12-2-4-16-17(10-12)27-7-6-26-16/h2-5,10-11,14-15,19,23H,6-9H2,1H3,(H,22,24)/t14?,15?,19-/m1/s1. The molecule has 0 unspecified atom stereocenters. The van der Waals surface area contributed by atoms with E-state index in [9.17, 15) is 9.90 Å². The van der Waals surface area contributed by atoms with Gasteiger partial charge in [0.05, 0.1) is 19.3 Å². The van der Waals surface area contributed by atoms with E-state index in [-0.39, 0.29) is 24.0 Å². The van der Waals surface area contributed by atoms with Gasteiger partial charge in [-0.1, -0.05) is 6.07 Å². The Morgan fingerprint density at radius 1 is 1.22 bits per heavy atom. The molecule has 0 bridgehead atoms. The van der Waals surface area contributed by atoms with E-state index < -0.39 is 0 Å². The number of pyridine rings is 1. The third-order valence-corrected chi connectivity index (χ3v) is 5.04. The van der Waals surface area contributed by atoms with E-state index >= 15 is 0 Å². The highest BCUT2D eigenvalue weighted by Gasteiger charge is 2.36. The van der Waals surface area contributed by atoms with Crippen molar-refractivity contribution in [1.29, 1.82) is 0 Å². The number of nitrogens with zero attached hydrogens (tertiary/aromatic N) is 1. The minimum atomic E-state index is -0.310. The van der Waals surface area contributed by atoms with Crippen molar-refractivity contribution in [3.8, 4) is 17.4 Å². The van der Waals surface area contributed by atoms with Crippen LogP contribution in [0.1, 0.15) is 34.8 Å². The maximum atomic E-state index is 12.8. The fraction of sp³-hybridized carbons (Fsp3) is 0.400. The number of aliphatic hydroxyl groups is 1. The van der Waals surface area contributed by atoms with Crippen molar-refractivity contribution in [1.82, 2.24) is 10.3 Å². The van der Waals surface area contributed by atoms with E-state index in [1.54, 1.807) is 37.6 Å². The summed E-state index contributed by atoms with van der Waals surface area (Å²) in [7, 11) is 1.56. The third-order valence-electron chi connectivity index (χ3n) is 5.04. The molecule has 1 saturated carbocycles. The second-order valence-corrected chi connectivity index (χ2v) is 6.83. The van der Waals surface area contributed by atoms with E-state index in [4.69, 9.17) is 14.2 Å². The summed E-state index contributed by atoms with van der Waals surface area (Å²) in [6, 6.07) is 8.61. The fourth-order valence-electron chi connectivity index (χ4n) is 3.48. The monoisotopic (exact) mass is 370 g/mol. The quantitative estimate of drug-likeness (QED) is 0.838. The molecule has 1 amide bonds. The average Bonchev–Trinajstić information content (AvgIpc) is 2.69. The van der Waals surface area contributed by atoms with Crippen molar-refractivity contribution in [2.75, 3.05) is 20.3 Å². The lowest BCUT2D eigenvalue weighted by Gasteiger charge is -2.38. The van der Waals surface area contributed by atoms with Gasteiger partial charge in [-0.3, -0.25) is 4.79 Å². The van der Waals surface area contributed by atoms with Crippen LogP contribution in [0.25, 0.3) is 0 Å². The van der Waals surface area contributed by atoms with Gasteiger partial charge in [-0.15, -0.1) is 0 Å². The molecule has 2 aromatic rings. The molecule has 1 aliphatic carbocycles. The van der Waals surface area contributed by atoms with E-state index in [1.807, 2.05) is 6.07 Å². The van der Waals surface area contributed by atoms with Gasteiger partial charge in [0.25, 0.3) is 5.91 Å². The Morgan fingerprint density at radius 3 is 2.67 bits per heavy atom. The Labute approximate surface area is 157 Å². The van der Waals surface area contributed by atoms with E-state index in [0.717, 1.165) is 5.56 Å². The van der Waals surface area contributed by atoms with Gasteiger partial charge in [0.2, 0.25) is 5.88 Å². The van der Waals surface area contributed by atoms with Crippen molar-refractivity contribution in [3.05, 3.63) is 47.7 Å². The van der Waals surface area contributed by atoms with Gasteiger partial charge in [0, 0.05) is 17.8 Å². The number of aliphatic hydroxyl groups excluding tert-OH is 1. The molecular formula is C20H22N2O5. The first kappa shape index (κ1) is 17.6. The Balaban J connectivity index is 1.54. The van der Waals surface area contributed by atoms with Gasteiger partial charge in [-0.05, 0) is 42.5 Å². The lowest BCUT2D eigenvalue weighted by molar-refractivity contribution is 0.0234. The first-order valence-corrected chi connectivity index (χ1v) is 9.02. The first-order chi connectivity index (χ1) is 13.1. The summed E-state index contributed by atoms with van der Waals surface area (Å²) < 4.78 is 16.2. The summed E-state index contributed by atoms with van der Waals surface area (Å²) in [6.07, 6.45) is 2.70. The van der Waals surface area contributed by atoms with Gasteiger partial charge < -0.3 is 24.6 Å². The van der Waals surface area contributed by atoms with Gasteiger partial charge in [0.15, 0.2) is 11.5 Å². The zero-order valence-corrected chi connectivity index (χ0v) is 15.1. The van der Waals surface area contributed by atoms with Crippen molar-refractivity contribution in [2.45, 2.75) is 25.0 Å². The molecule has 142 valence electrons. The summed E-state index contributed by atoms with van der Waals surface area (Å²) in [6.45, 7) is 0.979.